The van der Waals surface area contributed by atoms with Gasteiger partial charge in [-0.2, -0.15) is 0 Å². The van der Waals surface area contributed by atoms with Crippen molar-refractivity contribution in [2.24, 2.45) is 0 Å². The number of carbonyl (C=O) groups is 2. The molecular weight excluding hydrogens is 298 g/mol. The Kier molecular flexibility index (Phi) is 2.97. The van der Waals surface area contributed by atoms with Gasteiger partial charge in [0.15, 0.2) is 0 Å². The number of nitrogens with zero attached hydrogens (tertiary/aromatic N) is 1. The highest BCUT2D eigenvalue weighted by molar-refractivity contribution is 8.01. The summed E-state index contributed by atoms with van der Waals surface area (Å²) < 4.78 is 0. The molecule has 2 amide bonds. The number of thioether (sulfide) groups is 1. The zero-order valence-corrected chi connectivity index (χ0v) is 13.1. The minimum atomic E-state index is -0.376. The molecule has 2 aliphatic heterocycles. The number of carbonyl (C=O) groups excluding carboxylic acids is 2. The van der Waals surface area contributed by atoms with E-state index in [0.717, 1.165) is 23.0 Å². The number of H-pyrrole nitrogens is 1. The Morgan fingerprint density at radius 1 is 1.45 bits per heavy atom. The minimum Gasteiger partial charge on any atom is -0.361 e. The van der Waals surface area contributed by atoms with Crippen molar-refractivity contribution in [3.63, 3.8) is 0 Å². The third-order valence-electron chi connectivity index (χ3n) is 4.60. The first-order chi connectivity index (χ1) is 10.6. The van der Waals surface area contributed by atoms with Gasteiger partial charge in [0.1, 0.15) is 6.04 Å². The quantitative estimate of drug-likeness (QED) is 0.895. The van der Waals surface area contributed by atoms with Crippen LogP contribution in [0, 0.1) is 0 Å². The molecule has 1 aromatic heterocycles. The average Bonchev–Trinajstić information content (AvgIpc) is 3.16. The molecule has 22 heavy (non-hydrogen) atoms. The zero-order valence-electron chi connectivity index (χ0n) is 12.3. The first kappa shape index (κ1) is 13.7. The van der Waals surface area contributed by atoms with Crippen LogP contribution in [-0.4, -0.2) is 38.4 Å². The number of aromatic amines is 1. The summed E-state index contributed by atoms with van der Waals surface area (Å²) in [6, 6.07) is 7.33. The Balaban J connectivity index is 1.60. The minimum absolute atomic E-state index is 0.0903. The van der Waals surface area contributed by atoms with Crippen LogP contribution in [0.15, 0.2) is 30.5 Å². The summed E-state index contributed by atoms with van der Waals surface area (Å²) in [4.78, 5) is 29.5. The van der Waals surface area contributed by atoms with Crippen molar-refractivity contribution in [3.8, 4) is 0 Å². The molecule has 2 atom stereocenters. The Hall–Kier alpha value is -1.95. The molecule has 0 spiro atoms. The van der Waals surface area contributed by atoms with Crippen LogP contribution >= 0.6 is 11.8 Å². The highest BCUT2D eigenvalue weighted by atomic mass is 32.2. The van der Waals surface area contributed by atoms with E-state index in [-0.39, 0.29) is 22.7 Å². The molecule has 2 fully saturated rings. The molecule has 0 aliphatic carbocycles. The second kappa shape index (κ2) is 4.78. The highest BCUT2D eigenvalue weighted by Gasteiger charge is 2.52. The summed E-state index contributed by atoms with van der Waals surface area (Å²) in [5.41, 5.74) is 1.77. The van der Waals surface area contributed by atoms with Gasteiger partial charge in [-0.3, -0.25) is 9.59 Å². The van der Waals surface area contributed by atoms with Crippen molar-refractivity contribution in [1.29, 1.82) is 0 Å². The normalized spacial score (nSPS) is 27.4. The fourth-order valence-corrected chi connectivity index (χ4v) is 4.86. The molecule has 2 aliphatic rings. The number of nitrogens with one attached hydrogen (secondary N) is 2. The lowest BCUT2D eigenvalue weighted by atomic mass is 10.2. The fraction of sp³-hybridized carbons (Fsp3) is 0.375. The fourth-order valence-electron chi connectivity index (χ4n) is 3.43. The van der Waals surface area contributed by atoms with E-state index < -0.39 is 0 Å². The average molecular weight is 315 g/mol. The van der Waals surface area contributed by atoms with Crippen molar-refractivity contribution in [2.45, 2.75) is 30.7 Å². The summed E-state index contributed by atoms with van der Waals surface area (Å²) in [5, 5.41) is 3.98. The van der Waals surface area contributed by atoms with Crippen LogP contribution in [0.3, 0.4) is 0 Å². The summed E-state index contributed by atoms with van der Waals surface area (Å²) in [5.74, 6) is 0.657. The van der Waals surface area contributed by atoms with Crippen LogP contribution in [0.2, 0.25) is 0 Å². The van der Waals surface area contributed by atoms with E-state index in [1.54, 1.807) is 16.7 Å². The molecule has 5 nitrogen and oxygen atoms in total. The lowest BCUT2D eigenvalue weighted by Gasteiger charge is -2.29. The smallest absolute Gasteiger partial charge is 0.248 e. The summed E-state index contributed by atoms with van der Waals surface area (Å²) in [6.45, 7) is 2.06. The van der Waals surface area contributed by atoms with Crippen molar-refractivity contribution in [2.75, 3.05) is 11.1 Å². The largest absolute Gasteiger partial charge is 0.361 e. The molecule has 1 aromatic carbocycles. The highest BCUT2D eigenvalue weighted by Crippen LogP contribution is 2.47. The van der Waals surface area contributed by atoms with Gasteiger partial charge in [0.05, 0.1) is 10.6 Å². The number of rotatable bonds is 2. The van der Waals surface area contributed by atoms with Crippen LogP contribution in [0.1, 0.15) is 19.8 Å². The Morgan fingerprint density at radius 3 is 3.18 bits per heavy atom. The van der Waals surface area contributed by atoms with Crippen LogP contribution < -0.4 is 5.32 Å². The maximum absolute atomic E-state index is 12.7. The van der Waals surface area contributed by atoms with Gasteiger partial charge in [0.2, 0.25) is 11.8 Å². The van der Waals surface area contributed by atoms with E-state index in [1.165, 1.54) is 0 Å². The van der Waals surface area contributed by atoms with E-state index in [4.69, 9.17) is 0 Å². The monoisotopic (exact) mass is 315 g/mol. The number of benzene rings is 1. The second-order valence-electron chi connectivity index (χ2n) is 6.00. The molecule has 4 rings (SSSR count). The standard InChI is InChI=1S/C16H17N3O2S/c1-16-7-5-14(20)19(16)13(9-22-16)15(21)18-12-4-2-3-11-10(12)6-8-17-11/h2-4,6,8,13,17H,5,7,9H2,1H3,(H,18,21)/t13-,16+/m0/s1. The van der Waals surface area contributed by atoms with Crippen molar-refractivity contribution in [1.82, 2.24) is 9.88 Å². The Morgan fingerprint density at radius 2 is 2.32 bits per heavy atom. The molecule has 2 N–H and O–H groups in total. The van der Waals surface area contributed by atoms with Gasteiger partial charge < -0.3 is 15.2 Å². The van der Waals surface area contributed by atoms with Crippen molar-refractivity contribution >= 4 is 40.2 Å². The van der Waals surface area contributed by atoms with Crippen LogP contribution in [0.25, 0.3) is 10.9 Å². The maximum atomic E-state index is 12.7. The molecule has 0 bridgehead atoms. The second-order valence-corrected chi connectivity index (χ2v) is 7.50. The number of aromatic nitrogens is 1. The molecule has 0 radical (unpaired) electrons. The van der Waals surface area contributed by atoms with Crippen molar-refractivity contribution < 1.29 is 9.59 Å². The molecule has 0 saturated carbocycles. The molecule has 2 aromatic rings. The summed E-state index contributed by atoms with van der Waals surface area (Å²) in [6.07, 6.45) is 3.22. The number of fused-ring (bicyclic) bond motifs is 2. The van der Waals surface area contributed by atoms with Crippen LogP contribution in [0.5, 0.6) is 0 Å². The topological polar surface area (TPSA) is 65.2 Å². The molecular formula is C16H17N3O2S. The van der Waals surface area contributed by atoms with E-state index in [1.807, 2.05) is 30.5 Å². The lowest BCUT2D eigenvalue weighted by molar-refractivity contribution is -0.135. The molecule has 0 unspecified atom stereocenters. The zero-order chi connectivity index (χ0) is 15.3. The van der Waals surface area contributed by atoms with E-state index >= 15 is 0 Å². The SMILES string of the molecule is C[C@@]12CCC(=O)N1[C@H](C(=O)Nc1cccc3[nH]ccc13)CS2. The summed E-state index contributed by atoms with van der Waals surface area (Å²) in [7, 11) is 0. The maximum Gasteiger partial charge on any atom is 0.248 e. The molecule has 2 saturated heterocycles. The van der Waals surface area contributed by atoms with Gasteiger partial charge in [-0.1, -0.05) is 6.07 Å². The molecule has 6 heteroatoms. The van der Waals surface area contributed by atoms with E-state index in [0.29, 0.717) is 12.2 Å². The third kappa shape index (κ3) is 1.94. The number of amides is 2. The van der Waals surface area contributed by atoms with Crippen LogP contribution in [-0.2, 0) is 9.59 Å². The molecule has 3 heterocycles. The first-order valence-electron chi connectivity index (χ1n) is 7.42. The van der Waals surface area contributed by atoms with Gasteiger partial charge >= 0.3 is 0 Å². The van der Waals surface area contributed by atoms with Crippen molar-refractivity contribution in [3.05, 3.63) is 30.5 Å². The first-order valence-corrected chi connectivity index (χ1v) is 8.40. The number of anilines is 1. The van der Waals surface area contributed by atoms with Gasteiger partial charge in [-0.25, -0.2) is 0 Å². The Labute approximate surface area is 132 Å². The van der Waals surface area contributed by atoms with E-state index in [9.17, 15) is 9.59 Å². The predicted molar refractivity (Wildman–Crippen MR) is 87.7 cm³/mol. The van der Waals surface area contributed by atoms with Gasteiger partial charge in [0.25, 0.3) is 0 Å². The van der Waals surface area contributed by atoms with E-state index in [2.05, 4.69) is 17.2 Å². The molecule has 114 valence electrons. The predicted octanol–water partition coefficient (Wildman–Crippen LogP) is 2.56. The van der Waals surface area contributed by atoms with Gasteiger partial charge in [-0.15, -0.1) is 11.8 Å². The number of hydrogen-bond donors (Lipinski definition) is 2. The van der Waals surface area contributed by atoms with Crippen LogP contribution in [0.4, 0.5) is 5.69 Å². The van der Waals surface area contributed by atoms with Gasteiger partial charge in [-0.05, 0) is 31.5 Å². The Bertz CT molecular complexity index is 772. The third-order valence-corrected chi connectivity index (χ3v) is 6.11. The number of hydrogen-bond acceptors (Lipinski definition) is 3. The summed E-state index contributed by atoms with van der Waals surface area (Å²) >= 11 is 1.71. The van der Waals surface area contributed by atoms with Gasteiger partial charge in [0, 0.05) is 29.3 Å². The lowest BCUT2D eigenvalue weighted by Crippen LogP contribution is -2.48.